The van der Waals surface area contributed by atoms with Crippen LogP contribution in [0.15, 0.2) is 65.1 Å². The predicted molar refractivity (Wildman–Crippen MR) is 122 cm³/mol. The molecule has 9 nitrogen and oxygen atoms in total. The zero-order valence-corrected chi connectivity index (χ0v) is 18.9. The molecule has 162 valence electrons. The Bertz CT molecular complexity index is 1290. The van der Waals surface area contributed by atoms with Gasteiger partial charge in [0.05, 0.1) is 24.6 Å². The molecule has 12 heteroatoms. The number of benzene rings is 2. The van der Waals surface area contributed by atoms with Gasteiger partial charge in [0.25, 0.3) is 16.0 Å². The second kappa shape index (κ2) is 9.43. The van der Waals surface area contributed by atoms with Gasteiger partial charge in [0.1, 0.15) is 11.4 Å². The molecule has 0 radical (unpaired) electrons. The lowest BCUT2D eigenvalue weighted by Crippen LogP contribution is -2.19. The Hall–Kier alpha value is -2.99. The molecular weight excluding hydrogens is 462 g/mol. The monoisotopic (exact) mass is 479 g/mol. The van der Waals surface area contributed by atoms with Crippen LogP contribution >= 0.6 is 23.7 Å². The van der Waals surface area contributed by atoms with Crippen molar-refractivity contribution in [2.45, 2.75) is 4.90 Å². The number of hydrogen-bond acceptors (Lipinski definition) is 9. The summed E-state index contributed by atoms with van der Waals surface area (Å²) in [6.45, 7) is 0. The fourth-order valence-electron chi connectivity index (χ4n) is 2.79. The van der Waals surface area contributed by atoms with Crippen LogP contribution in [-0.4, -0.2) is 37.6 Å². The Balaban J connectivity index is 0.00000272. The van der Waals surface area contributed by atoms with E-state index in [1.54, 1.807) is 17.6 Å². The lowest BCUT2D eigenvalue weighted by Gasteiger charge is -2.22. The van der Waals surface area contributed by atoms with Crippen molar-refractivity contribution in [1.29, 1.82) is 0 Å². The third-order valence-corrected chi connectivity index (χ3v) is 6.33. The molecule has 0 saturated heterocycles. The first-order chi connectivity index (χ1) is 14.5. The van der Waals surface area contributed by atoms with E-state index in [9.17, 15) is 8.42 Å². The second-order valence-corrected chi connectivity index (χ2v) is 8.56. The van der Waals surface area contributed by atoms with Crippen molar-refractivity contribution in [1.82, 2.24) is 15.0 Å². The first-order valence-corrected chi connectivity index (χ1v) is 11.0. The number of ether oxygens (including phenoxy) is 1. The Labute approximate surface area is 189 Å². The van der Waals surface area contributed by atoms with Gasteiger partial charge in [0, 0.05) is 29.2 Å². The highest BCUT2D eigenvalue weighted by molar-refractivity contribution is 7.93. The summed E-state index contributed by atoms with van der Waals surface area (Å²) >= 11 is 1.19. The van der Waals surface area contributed by atoms with Crippen LogP contribution in [0.3, 0.4) is 0 Å². The summed E-state index contributed by atoms with van der Waals surface area (Å²) in [5.41, 5.74) is 1.19. The highest BCUT2D eigenvalue weighted by Crippen LogP contribution is 2.35. The van der Waals surface area contributed by atoms with E-state index in [1.165, 1.54) is 48.9 Å². The van der Waals surface area contributed by atoms with Crippen molar-refractivity contribution in [3.05, 3.63) is 60.2 Å². The molecule has 2 aromatic heterocycles. The van der Waals surface area contributed by atoms with Crippen molar-refractivity contribution in [3.63, 3.8) is 0 Å². The number of thiazole rings is 1. The number of methoxy groups -OCH3 is 1. The molecule has 0 fully saturated rings. The smallest absolute Gasteiger partial charge is 0.263 e. The predicted octanol–water partition coefficient (Wildman–Crippen LogP) is 4.02. The second-order valence-electron chi connectivity index (χ2n) is 5.98. The van der Waals surface area contributed by atoms with Gasteiger partial charge in [0.15, 0.2) is 5.13 Å². The molecule has 2 aromatic carbocycles. The highest BCUT2D eigenvalue weighted by atomic mass is 35.5. The average molecular weight is 480 g/mol. The van der Waals surface area contributed by atoms with Crippen LogP contribution in [0.2, 0.25) is 0 Å². The van der Waals surface area contributed by atoms with Gasteiger partial charge in [0.2, 0.25) is 0 Å². The minimum atomic E-state index is -3.83. The molecule has 1 N–H and O–H groups in total. The Morgan fingerprint density at radius 3 is 2.61 bits per heavy atom. The lowest BCUT2D eigenvalue weighted by atomic mass is 10.2. The van der Waals surface area contributed by atoms with Gasteiger partial charge >= 0.3 is 0 Å². The van der Waals surface area contributed by atoms with E-state index in [1.807, 2.05) is 24.3 Å². The van der Waals surface area contributed by atoms with Gasteiger partial charge in [-0.15, -0.1) is 23.7 Å². The number of nitrogens with zero attached hydrogens (tertiary/aromatic N) is 4. The zero-order valence-electron chi connectivity index (χ0n) is 16.4. The standard InChI is InChI=1S/C19H17N5O4S2.ClH/c1-27-17-11-14(30(25,26)23-19-20-9-10-29-19)7-8-16(17)24(28-2)18-21-12-13-5-3-4-6-15(13)22-18;/h3-12H,1-2H3,(H,20,23);1H. The molecule has 0 aliphatic carbocycles. The summed E-state index contributed by atoms with van der Waals surface area (Å²) in [6.07, 6.45) is 3.21. The number of halogens is 1. The van der Waals surface area contributed by atoms with Crippen LogP contribution < -0.4 is 14.5 Å². The van der Waals surface area contributed by atoms with E-state index in [4.69, 9.17) is 9.57 Å². The van der Waals surface area contributed by atoms with Gasteiger partial charge in [-0.05, 0) is 18.2 Å². The number of hydrogen-bond donors (Lipinski definition) is 1. The lowest BCUT2D eigenvalue weighted by molar-refractivity contribution is 0.194. The molecule has 0 aliphatic heterocycles. The fourth-order valence-corrected chi connectivity index (χ4v) is 4.59. The van der Waals surface area contributed by atoms with Gasteiger partial charge in [-0.25, -0.2) is 23.4 Å². The van der Waals surface area contributed by atoms with Crippen molar-refractivity contribution < 1.29 is 18.0 Å². The summed E-state index contributed by atoms with van der Waals surface area (Å²) < 4.78 is 33.2. The quantitative estimate of drug-likeness (QED) is 0.396. The maximum absolute atomic E-state index is 12.7. The molecule has 0 aliphatic rings. The highest BCUT2D eigenvalue weighted by Gasteiger charge is 2.22. The van der Waals surface area contributed by atoms with E-state index in [-0.39, 0.29) is 34.1 Å². The maximum Gasteiger partial charge on any atom is 0.263 e. The molecule has 0 amide bonds. The first kappa shape index (κ1) is 22.7. The maximum atomic E-state index is 12.7. The number of para-hydroxylation sites is 1. The molecule has 4 aromatic rings. The molecule has 0 unspecified atom stereocenters. The Kier molecular flexibility index (Phi) is 6.91. The summed E-state index contributed by atoms with van der Waals surface area (Å²) in [5.74, 6) is 0.557. The largest absolute Gasteiger partial charge is 0.494 e. The Morgan fingerprint density at radius 2 is 1.90 bits per heavy atom. The van der Waals surface area contributed by atoms with Gasteiger partial charge in [-0.1, -0.05) is 18.2 Å². The molecule has 0 atom stereocenters. The number of rotatable bonds is 7. The molecule has 0 bridgehead atoms. The third kappa shape index (κ3) is 4.69. The molecule has 31 heavy (non-hydrogen) atoms. The summed E-state index contributed by atoms with van der Waals surface area (Å²) in [6, 6.07) is 12.0. The molecule has 0 spiro atoms. The van der Waals surface area contributed by atoms with E-state index in [0.29, 0.717) is 5.69 Å². The van der Waals surface area contributed by atoms with E-state index < -0.39 is 10.0 Å². The number of fused-ring (bicyclic) bond motifs is 1. The average Bonchev–Trinajstić information content (AvgIpc) is 3.26. The van der Waals surface area contributed by atoms with Crippen LogP contribution in [0.25, 0.3) is 10.9 Å². The van der Waals surface area contributed by atoms with Crippen molar-refractivity contribution >= 4 is 61.4 Å². The summed E-state index contributed by atoms with van der Waals surface area (Å²) in [5, 5.41) is 4.22. The van der Waals surface area contributed by atoms with Crippen molar-refractivity contribution in [2.75, 3.05) is 24.0 Å². The van der Waals surface area contributed by atoms with Crippen LogP contribution in [0.5, 0.6) is 5.75 Å². The van der Waals surface area contributed by atoms with E-state index in [2.05, 4.69) is 19.7 Å². The van der Waals surface area contributed by atoms with Gasteiger partial charge in [-0.2, -0.15) is 5.06 Å². The number of aromatic nitrogens is 3. The van der Waals surface area contributed by atoms with Crippen LogP contribution in [0.4, 0.5) is 16.8 Å². The molecular formula is C19H18ClN5O4S2. The van der Waals surface area contributed by atoms with Crippen LogP contribution in [-0.2, 0) is 14.9 Å². The summed E-state index contributed by atoms with van der Waals surface area (Å²) in [4.78, 5) is 18.3. The number of sulfonamides is 1. The SMILES string of the molecule is COc1cc(S(=O)(=O)Nc2nccs2)ccc1N(OC)c1ncc2ccccc2n1.Cl. The summed E-state index contributed by atoms with van der Waals surface area (Å²) in [7, 11) is -0.923. The minimum Gasteiger partial charge on any atom is -0.494 e. The molecule has 4 rings (SSSR count). The third-order valence-electron chi connectivity index (χ3n) is 4.17. The molecule has 2 heterocycles. The minimum absolute atomic E-state index is 0. The zero-order chi connectivity index (χ0) is 21.1. The number of nitrogens with one attached hydrogen (secondary N) is 1. The van der Waals surface area contributed by atoms with Gasteiger partial charge in [-0.3, -0.25) is 9.56 Å². The topological polar surface area (TPSA) is 107 Å². The fraction of sp³-hybridized carbons (Fsp3) is 0.105. The van der Waals surface area contributed by atoms with E-state index in [0.717, 1.165) is 10.9 Å². The number of anilines is 3. The van der Waals surface area contributed by atoms with Crippen molar-refractivity contribution in [2.24, 2.45) is 0 Å². The normalized spacial score (nSPS) is 11.0. The van der Waals surface area contributed by atoms with Crippen LogP contribution in [0.1, 0.15) is 0 Å². The van der Waals surface area contributed by atoms with Crippen LogP contribution in [0, 0.1) is 0 Å². The van der Waals surface area contributed by atoms with Crippen molar-refractivity contribution in [3.8, 4) is 5.75 Å². The first-order valence-electron chi connectivity index (χ1n) is 8.68. The van der Waals surface area contributed by atoms with E-state index >= 15 is 0 Å². The Morgan fingerprint density at radius 1 is 1.10 bits per heavy atom. The molecule has 0 saturated carbocycles. The van der Waals surface area contributed by atoms with Gasteiger partial charge < -0.3 is 4.74 Å².